The zero-order valence-corrected chi connectivity index (χ0v) is 14.1. The van der Waals surface area contributed by atoms with Crippen LogP contribution >= 0.6 is 22.9 Å². The number of aryl methyl sites for hydroxylation is 1. The summed E-state index contributed by atoms with van der Waals surface area (Å²) in [4.78, 5) is 5.36. The molecule has 0 saturated carbocycles. The fourth-order valence-electron chi connectivity index (χ4n) is 2.35. The first kappa shape index (κ1) is 15.9. The molecular formula is C17H18ClN3OS. The van der Waals surface area contributed by atoms with E-state index in [1.54, 1.807) is 23.9 Å². The normalized spacial score (nSPS) is 12.2. The number of hydrogen-bond acceptors (Lipinski definition) is 4. The Hall–Kier alpha value is -1.98. The van der Waals surface area contributed by atoms with E-state index < -0.39 is 0 Å². The van der Waals surface area contributed by atoms with Crippen LogP contribution in [0.5, 0.6) is 5.75 Å². The molecule has 3 aromatic rings. The fourth-order valence-corrected chi connectivity index (χ4v) is 3.45. The van der Waals surface area contributed by atoms with Gasteiger partial charge in [0.2, 0.25) is 0 Å². The lowest BCUT2D eigenvalue weighted by atomic mass is 10.1. The third-order valence-corrected chi connectivity index (χ3v) is 4.79. The van der Waals surface area contributed by atoms with Crippen LogP contribution < -0.4 is 10.5 Å². The molecule has 4 nitrogen and oxygen atoms in total. The number of halogens is 1. The Morgan fingerprint density at radius 3 is 2.70 bits per heavy atom. The van der Waals surface area contributed by atoms with Crippen LogP contribution in [-0.2, 0) is 13.0 Å². The predicted molar refractivity (Wildman–Crippen MR) is 95.1 cm³/mol. The van der Waals surface area contributed by atoms with E-state index >= 15 is 0 Å². The zero-order chi connectivity index (χ0) is 16.1. The van der Waals surface area contributed by atoms with Crippen LogP contribution in [0.2, 0.25) is 4.34 Å². The van der Waals surface area contributed by atoms with E-state index in [0.717, 1.165) is 35.2 Å². The SMILES string of the molecule is Nc1ccc(OC(CCc2ccc(Cl)s2)Cn2ccnc2)cc1. The summed E-state index contributed by atoms with van der Waals surface area (Å²) >= 11 is 7.62. The molecule has 2 N–H and O–H groups in total. The number of nitrogens with two attached hydrogens (primary N) is 1. The van der Waals surface area contributed by atoms with Gasteiger partial charge in [0.15, 0.2) is 0 Å². The molecule has 0 aliphatic rings. The topological polar surface area (TPSA) is 53.1 Å². The molecule has 0 aliphatic heterocycles. The molecule has 1 unspecified atom stereocenters. The van der Waals surface area contributed by atoms with Gasteiger partial charge in [0.25, 0.3) is 0 Å². The molecular weight excluding hydrogens is 330 g/mol. The summed E-state index contributed by atoms with van der Waals surface area (Å²) in [5.74, 6) is 0.827. The van der Waals surface area contributed by atoms with Gasteiger partial charge in [0, 0.05) is 23.0 Å². The fraction of sp³-hybridized carbons (Fsp3) is 0.235. The van der Waals surface area contributed by atoms with Crippen molar-refractivity contribution >= 4 is 28.6 Å². The van der Waals surface area contributed by atoms with E-state index in [0.29, 0.717) is 0 Å². The molecule has 0 aliphatic carbocycles. The Balaban J connectivity index is 1.66. The van der Waals surface area contributed by atoms with Crippen molar-refractivity contribution in [2.75, 3.05) is 5.73 Å². The number of benzene rings is 1. The largest absolute Gasteiger partial charge is 0.489 e. The molecule has 0 radical (unpaired) electrons. The second kappa shape index (κ2) is 7.53. The Morgan fingerprint density at radius 2 is 2.04 bits per heavy atom. The highest BCUT2D eigenvalue weighted by Crippen LogP contribution is 2.24. The van der Waals surface area contributed by atoms with Crippen molar-refractivity contribution in [3.05, 3.63) is 64.3 Å². The quantitative estimate of drug-likeness (QED) is 0.650. The molecule has 0 amide bonds. The van der Waals surface area contributed by atoms with Crippen LogP contribution in [0.25, 0.3) is 0 Å². The molecule has 2 aromatic heterocycles. The van der Waals surface area contributed by atoms with Crippen LogP contribution in [0.1, 0.15) is 11.3 Å². The first-order valence-electron chi connectivity index (χ1n) is 7.41. The van der Waals surface area contributed by atoms with Gasteiger partial charge in [-0.3, -0.25) is 0 Å². The standard InChI is InChI=1S/C17H18ClN3OS/c18-17-8-7-16(23-17)6-5-15(11-21-10-9-20-12-21)22-14-3-1-13(19)2-4-14/h1-4,7-10,12,15H,5-6,11,19H2. The molecule has 6 heteroatoms. The molecule has 0 saturated heterocycles. The minimum absolute atomic E-state index is 0.0497. The number of rotatable bonds is 7. The number of imidazole rings is 1. The number of nitrogen functional groups attached to an aromatic ring is 1. The van der Waals surface area contributed by atoms with E-state index in [-0.39, 0.29) is 6.10 Å². The van der Waals surface area contributed by atoms with Gasteiger partial charge in [0.1, 0.15) is 11.9 Å². The number of anilines is 1. The molecule has 1 atom stereocenters. The first-order valence-corrected chi connectivity index (χ1v) is 8.60. The lowest BCUT2D eigenvalue weighted by molar-refractivity contribution is 0.170. The number of thiophene rings is 1. The van der Waals surface area contributed by atoms with Crippen molar-refractivity contribution in [2.45, 2.75) is 25.5 Å². The summed E-state index contributed by atoms with van der Waals surface area (Å²) in [5, 5.41) is 0. The maximum absolute atomic E-state index is 6.14. The molecule has 0 spiro atoms. The monoisotopic (exact) mass is 347 g/mol. The minimum atomic E-state index is 0.0497. The van der Waals surface area contributed by atoms with Crippen molar-refractivity contribution in [1.82, 2.24) is 9.55 Å². The molecule has 0 fully saturated rings. The third-order valence-electron chi connectivity index (χ3n) is 3.50. The highest BCUT2D eigenvalue weighted by Gasteiger charge is 2.13. The smallest absolute Gasteiger partial charge is 0.119 e. The van der Waals surface area contributed by atoms with E-state index in [1.165, 1.54) is 4.88 Å². The minimum Gasteiger partial charge on any atom is -0.489 e. The average molecular weight is 348 g/mol. The highest BCUT2D eigenvalue weighted by molar-refractivity contribution is 7.16. The van der Waals surface area contributed by atoms with Crippen LogP contribution in [-0.4, -0.2) is 15.7 Å². The van der Waals surface area contributed by atoms with Gasteiger partial charge in [-0.2, -0.15) is 0 Å². The molecule has 1 aromatic carbocycles. The summed E-state index contributed by atoms with van der Waals surface area (Å²) in [7, 11) is 0. The van der Waals surface area contributed by atoms with Crippen molar-refractivity contribution in [1.29, 1.82) is 0 Å². The van der Waals surface area contributed by atoms with Crippen molar-refractivity contribution in [3.8, 4) is 5.75 Å². The maximum atomic E-state index is 6.14. The summed E-state index contributed by atoms with van der Waals surface area (Å²) in [6.45, 7) is 0.753. The predicted octanol–water partition coefficient (Wildman–Crippen LogP) is 4.26. The van der Waals surface area contributed by atoms with Crippen LogP contribution in [0, 0.1) is 0 Å². The van der Waals surface area contributed by atoms with Crippen LogP contribution in [0.4, 0.5) is 5.69 Å². The van der Waals surface area contributed by atoms with Crippen LogP contribution in [0.3, 0.4) is 0 Å². The molecule has 3 rings (SSSR count). The van der Waals surface area contributed by atoms with E-state index in [9.17, 15) is 0 Å². The maximum Gasteiger partial charge on any atom is 0.119 e. The first-order chi connectivity index (χ1) is 11.2. The average Bonchev–Trinajstić information content (AvgIpc) is 3.19. The number of ether oxygens (including phenoxy) is 1. The number of hydrogen-bond donors (Lipinski definition) is 1. The number of nitrogens with zero attached hydrogens (tertiary/aromatic N) is 2. The Morgan fingerprint density at radius 1 is 1.22 bits per heavy atom. The molecule has 23 heavy (non-hydrogen) atoms. The molecule has 0 bridgehead atoms. The summed E-state index contributed by atoms with van der Waals surface area (Å²) < 4.78 is 8.99. The highest BCUT2D eigenvalue weighted by atomic mass is 35.5. The second-order valence-corrected chi connectivity index (χ2v) is 7.11. The van der Waals surface area contributed by atoms with Gasteiger partial charge in [-0.1, -0.05) is 11.6 Å². The van der Waals surface area contributed by atoms with Gasteiger partial charge in [0.05, 0.1) is 17.2 Å². The van der Waals surface area contributed by atoms with E-state index in [2.05, 4.69) is 11.1 Å². The Labute approximate surface area is 144 Å². The lowest BCUT2D eigenvalue weighted by Gasteiger charge is -2.19. The van der Waals surface area contributed by atoms with E-state index in [1.807, 2.05) is 41.1 Å². The van der Waals surface area contributed by atoms with E-state index in [4.69, 9.17) is 22.1 Å². The summed E-state index contributed by atoms with van der Waals surface area (Å²) in [6, 6.07) is 11.5. The van der Waals surface area contributed by atoms with Crippen molar-refractivity contribution in [3.63, 3.8) is 0 Å². The molecule has 2 heterocycles. The molecule has 120 valence electrons. The van der Waals surface area contributed by atoms with Crippen molar-refractivity contribution < 1.29 is 4.74 Å². The third kappa shape index (κ3) is 4.74. The Kier molecular flexibility index (Phi) is 5.20. The van der Waals surface area contributed by atoms with Gasteiger partial charge in [-0.15, -0.1) is 11.3 Å². The van der Waals surface area contributed by atoms with Crippen molar-refractivity contribution in [2.24, 2.45) is 0 Å². The summed E-state index contributed by atoms with van der Waals surface area (Å²) in [6.07, 6.45) is 7.42. The van der Waals surface area contributed by atoms with Gasteiger partial charge < -0.3 is 15.0 Å². The summed E-state index contributed by atoms with van der Waals surface area (Å²) in [5.41, 5.74) is 6.46. The van der Waals surface area contributed by atoms with Gasteiger partial charge >= 0.3 is 0 Å². The Bertz CT molecular complexity index is 725. The van der Waals surface area contributed by atoms with Crippen LogP contribution in [0.15, 0.2) is 55.1 Å². The van der Waals surface area contributed by atoms with Gasteiger partial charge in [-0.25, -0.2) is 4.98 Å². The number of aromatic nitrogens is 2. The lowest BCUT2D eigenvalue weighted by Crippen LogP contribution is -2.23. The van der Waals surface area contributed by atoms with Gasteiger partial charge in [-0.05, 0) is 49.2 Å². The second-order valence-electron chi connectivity index (χ2n) is 5.31. The zero-order valence-electron chi connectivity index (χ0n) is 12.6.